The summed E-state index contributed by atoms with van der Waals surface area (Å²) in [5.41, 5.74) is 5.55. The topological polar surface area (TPSA) is 102 Å². The van der Waals surface area contributed by atoms with Gasteiger partial charge in [-0.15, -0.1) is 0 Å². The number of carbonyl (C=O) groups is 1. The van der Waals surface area contributed by atoms with Crippen LogP contribution in [-0.2, 0) is 10.0 Å². The molecule has 1 amide bonds. The van der Waals surface area contributed by atoms with Crippen LogP contribution in [0.4, 0.5) is 5.69 Å². The van der Waals surface area contributed by atoms with E-state index in [2.05, 4.69) is 4.72 Å². The fraction of sp³-hybridized carbons (Fsp3) is 0. The van der Waals surface area contributed by atoms with Gasteiger partial charge in [0.15, 0.2) is 0 Å². The van der Waals surface area contributed by atoms with Crippen molar-refractivity contribution in [2.45, 2.75) is 4.90 Å². The highest BCUT2D eigenvalue weighted by Gasteiger charge is 2.25. The molecule has 3 N–H and O–H groups in total. The summed E-state index contributed by atoms with van der Waals surface area (Å²) < 4.78 is 32.9. The number of hydrogen-bond donors (Lipinski definition) is 2. The molecule has 0 saturated carbocycles. The van der Waals surface area contributed by atoms with Gasteiger partial charge in [-0.2, -0.15) is 0 Å². The average Bonchev–Trinajstić information content (AvgIpc) is 2.88. The summed E-state index contributed by atoms with van der Waals surface area (Å²) in [5, 5.41) is 0.584. The number of carbonyl (C=O) groups excluding carboxylic acids is 1. The first-order valence-corrected chi connectivity index (χ1v) is 8.83. The Kier molecular flexibility index (Phi) is 4.16. The molecular formula is C15H10Cl2N2O4S. The van der Waals surface area contributed by atoms with E-state index in [1.807, 2.05) is 0 Å². The average molecular weight is 385 g/mol. The molecule has 6 nitrogen and oxygen atoms in total. The predicted octanol–water partition coefficient (Wildman–Crippen LogP) is 3.64. The number of halogens is 2. The van der Waals surface area contributed by atoms with E-state index in [1.54, 1.807) is 24.3 Å². The summed E-state index contributed by atoms with van der Waals surface area (Å²) in [6.07, 6.45) is 0. The van der Waals surface area contributed by atoms with Crippen LogP contribution >= 0.6 is 23.2 Å². The molecule has 2 aromatic carbocycles. The maximum absolute atomic E-state index is 12.6. The zero-order valence-electron chi connectivity index (χ0n) is 11.9. The minimum absolute atomic E-state index is 0.0136. The SMILES string of the molecule is NC(=O)c1oc2ccccc2c1NS(=O)(=O)c1cc(Cl)ccc1Cl. The summed E-state index contributed by atoms with van der Waals surface area (Å²) in [6, 6.07) is 10.6. The van der Waals surface area contributed by atoms with Crippen molar-refractivity contribution in [3.8, 4) is 0 Å². The van der Waals surface area contributed by atoms with Gasteiger partial charge in [-0.05, 0) is 30.3 Å². The third-order valence-electron chi connectivity index (χ3n) is 3.24. The van der Waals surface area contributed by atoms with E-state index in [4.69, 9.17) is 33.4 Å². The summed E-state index contributed by atoms with van der Waals surface area (Å²) >= 11 is 11.8. The van der Waals surface area contributed by atoms with Crippen molar-refractivity contribution in [2.75, 3.05) is 4.72 Å². The molecule has 1 aromatic heterocycles. The van der Waals surface area contributed by atoms with Crippen molar-refractivity contribution in [3.63, 3.8) is 0 Å². The normalized spacial score (nSPS) is 11.6. The standard InChI is InChI=1S/C15H10Cl2N2O4S/c16-8-5-6-10(17)12(7-8)24(21,22)19-13-9-3-1-2-4-11(9)23-14(13)15(18)20/h1-7,19H,(H2,18,20). The predicted molar refractivity (Wildman–Crippen MR) is 92.0 cm³/mol. The second-order valence-electron chi connectivity index (χ2n) is 4.85. The van der Waals surface area contributed by atoms with Crippen LogP contribution in [0.3, 0.4) is 0 Å². The summed E-state index contributed by atoms with van der Waals surface area (Å²) in [4.78, 5) is 11.4. The lowest BCUT2D eigenvalue weighted by molar-refractivity contribution is 0.0977. The van der Waals surface area contributed by atoms with Crippen molar-refractivity contribution < 1.29 is 17.6 Å². The molecule has 3 rings (SSSR count). The molecular weight excluding hydrogens is 375 g/mol. The van der Waals surface area contributed by atoms with Crippen LogP contribution in [-0.4, -0.2) is 14.3 Å². The van der Waals surface area contributed by atoms with E-state index in [0.29, 0.717) is 11.0 Å². The minimum Gasteiger partial charge on any atom is -0.449 e. The van der Waals surface area contributed by atoms with Crippen molar-refractivity contribution in [1.82, 2.24) is 0 Å². The van der Waals surface area contributed by atoms with Crippen molar-refractivity contribution in [3.05, 3.63) is 58.3 Å². The van der Waals surface area contributed by atoms with Gasteiger partial charge < -0.3 is 10.2 Å². The van der Waals surface area contributed by atoms with E-state index in [9.17, 15) is 13.2 Å². The number of fused-ring (bicyclic) bond motifs is 1. The third-order valence-corrected chi connectivity index (χ3v) is 5.30. The number of anilines is 1. The number of benzene rings is 2. The second kappa shape index (κ2) is 6.01. The Morgan fingerprint density at radius 2 is 1.83 bits per heavy atom. The maximum Gasteiger partial charge on any atom is 0.286 e. The Morgan fingerprint density at radius 3 is 2.54 bits per heavy atom. The molecule has 9 heteroatoms. The molecule has 0 saturated heterocycles. The molecule has 1 heterocycles. The van der Waals surface area contributed by atoms with Gasteiger partial charge in [0.1, 0.15) is 16.2 Å². The number of sulfonamides is 1. The highest BCUT2D eigenvalue weighted by molar-refractivity contribution is 7.92. The first-order chi connectivity index (χ1) is 11.3. The van der Waals surface area contributed by atoms with E-state index in [-0.39, 0.29) is 26.4 Å². The molecule has 0 bridgehead atoms. The monoisotopic (exact) mass is 384 g/mol. The molecule has 124 valence electrons. The van der Waals surface area contributed by atoms with Crippen molar-refractivity contribution in [1.29, 1.82) is 0 Å². The lowest BCUT2D eigenvalue weighted by Crippen LogP contribution is -2.17. The molecule has 0 aliphatic rings. The highest BCUT2D eigenvalue weighted by Crippen LogP contribution is 2.34. The molecule has 0 fully saturated rings. The zero-order valence-corrected chi connectivity index (χ0v) is 14.2. The molecule has 0 aliphatic heterocycles. The minimum atomic E-state index is -4.12. The molecule has 24 heavy (non-hydrogen) atoms. The van der Waals surface area contributed by atoms with Crippen LogP contribution < -0.4 is 10.5 Å². The fourth-order valence-corrected chi connectivity index (χ4v) is 4.04. The molecule has 0 radical (unpaired) electrons. The number of nitrogens with one attached hydrogen (secondary N) is 1. The van der Waals surface area contributed by atoms with Crippen LogP contribution in [0.1, 0.15) is 10.6 Å². The Bertz CT molecular complexity index is 1060. The number of nitrogens with two attached hydrogens (primary N) is 1. The summed E-state index contributed by atoms with van der Waals surface area (Å²) in [5.74, 6) is -1.20. The van der Waals surface area contributed by atoms with Gasteiger partial charge in [-0.3, -0.25) is 9.52 Å². The van der Waals surface area contributed by atoms with Crippen LogP contribution in [0.5, 0.6) is 0 Å². The second-order valence-corrected chi connectivity index (χ2v) is 7.34. The first-order valence-electron chi connectivity index (χ1n) is 6.59. The van der Waals surface area contributed by atoms with Crippen LogP contribution in [0, 0.1) is 0 Å². The number of rotatable bonds is 4. The number of amides is 1. The Morgan fingerprint density at radius 1 is 1.12 bits per heavy atom. The van der Waals surface area contributed by atoms with Gasteiger partial charge in [0.05, 0.1) is 5.02 Å². The summed E-state index contributed by atoms with van der Waals surface area (Å²) in [7, 11) is -4.12. The lowest BCUT2D eigenvalue weighted by atomic mass is 10.2. The van der Waals surface area contributed by atoms with E-state index in [1.165, 1.54) is 18.2 Å². The number of para-hydroxylation sites is 1. The lowest BCUT2D eigenvalue weighted by Gasteiger charge is -2.09. The van der Waals surface area contributed by atoms with Gasteiger partial charge in [0, 0.05) is 10.4 Å². The van der Waals surface area contributed by atoms with Crippen LogP contribution in [0.2, 0.25) is 10.0 Å². The smallest absolute Gasteiger partial charge is 0.286 e. The van der Waals surface area contributed by atoms with E-state index >= 15 is 0 Å². The van der Waals surface area contributed by atoms with Crippen LogP contribution in [0.15, 0.2) is 51.8 Å². The fourth-order valence-electron chi connectivity index (χ4n) is 2.19. The number of primary amides is 1. The van der Waals surface area contributed by atoms with E-state index < -0.39 is 15.9 Å². The van der Waals surface area contributed by atoms with Gasteiger partial charge in [-0.25, -0.2) is 8.42 Å². The molecule has 0 spiro atoms. The van der Waals surface area contributed by atoms with Gasteiger partial charge >= 0.3 is 0 Å². The quantitative estimate of drug-likeness (QED) is 0.716. The van der Waals surface area contributed by atoms with E-state index in [0.717, 1.165) is 0 Å². The van der Waals surface area contributed by atoms with Gasteiger partial charge in [0.2, 0.25) is 5.76 Å². The maximum atomic E-state index is 12.6. The Labute approximate surface area is 147 Å². The highest BCUT2D eigenvalue weighted by atomic mass is 35.5. The third kappa shape index (κ3) is 2.93. The van der Waals surface area contributed by atoms with Gasteiger partial charge in [-0.1, -0.05) is 35.3 Å². The largest absolute Gasteiger partial charge is 0.449 e. The number of furan rings is 1. The zero-order chi connectivity index (χ0) is 17.5. The Hall–Kier alpha value is -2.22. The molecule has 0 aliphatic carbocycles. The number of hydrogen-bond acceptors (Lipinski definition) is 4. The van der Waals surface area contributed by atoms with Crippen LogP contribution in [0.25, 0.3) is 11.0 Å². The molecule has 0 atom stereocenters. The summed E-state index contributed by atoms with van der Waals surface area (Å²) in [6.45, 7) is 0. The molecule has 3 aromatic rings. The molecule has 0 unspecified atom stereocenters. The van der Waals surface area contributed by atoms with Crippen molar-refractivity contribution in [2.24, 2.45) is 5.73 Å². The van der Waals surface area contributed by atoms with Gasteiger partial charge in [0.25, 0.3) is 15.9 Å². The Balaban J connectivity index is 2.17. The van der Waals surface area contributed by atoms with Crippen molar-refractivity contribution >= 4 is 55.8 Å². The first kappa shape index (κ1) is 16.6.